The molecule has 0 spiro atoms. The fourth-order valence-electron chi connectivity index (χ4n) is 2.03. The molecule has 0 aliphatic rings. The number of nitrogens with zero attached hydrogens (tertiary/aromatic N) is 3. The number of aryl methyl sites for hydroxylation is 1. The first-order valence-electron chi connectivity index (χ1n) is 6.61. The number of nitrogens with two attached hydrogens (primary N) is 1. The van der Waals surface area contributed by atoms with E-state index in [4.69, 9.17) is 5.73 Å². The lowest BCUT2D eigenvalue weighted by molar-refractivity contribution is 0.0953. The van der Waals surface area contributed by atoms with Crippen molar-refractivity contribution in [3.63, 3.8) is 0 Å². The number of nitrogens with one attached hydrogen (secondary N) is 1. The standard InChI is InChI=1S/C14H19N5O/c1-19-10-17-18-13(19)7-9-16-14(20)12-5-3-2-4-11(12)6-8-15/h2-5,10H,6-9,15H2,1H3,(H,16,20). The lowest BCUT2D eigenvalue weighted by Crippen LogP contribution is -2.27. The second kappa shape index (κ2) is 6.81. The van der Waals surface area contributed by atoms with Crippen LogP contribution in [0.2, 0.25) is 0 Å². The monoisotopic (exact) mass is 273 g/mol. The Hall–Kier alpha value is -2.21. The van der Waals surface area contributed by atoms with Crippen molar-refractivity contribution in [2.45, 2.75) is 12.8 Å². The van der Waals surface area contributed by atoms with Crippen molar-refractivity contribution < 1.29 is 4.79 Å². The summed E-state index contributed by atoms with van der Waals surface area (Å²) in [5.41, 5.74) is 7.23. The predicted molar refractivity (Wildman–Crippen MR) is 76.2 cm³/mol. The molecule has 0 aliphatic heterocycles. The van der Waals surface area contributed by atoms with E-state index in [1.165, 1.54) is 0 Å². The Balaban J connectivity index is 1.93. The maximum atomic E-state index is 12.2. The van der Waals surface area contributed by atoms with Crippen LogP contribution in [0.3, 0.4) is 0 Å². The zero-order valence-corrected chi connectivity index (χ0v) is 11.5. The summed E-state index contributed by atoms with van der Waals surface area (Å²) in [6.45, 7) is 1.06. The number of hydrogen-bond acceptors (Lipinski definition) is 4. The number of carbonyl (C=O) groups is 1. The molecule has 1 aromatic heterocycles. The largest absolute Gasteiger partial charge is 0.352 e. The highest BCUT2D eigenvalue weighted by atomic mass is 16.1. The molecule has 1 heterocycles. The molecule has 106 valence electrons. The van der Waals surface area contributed by atoms with Crippen molar-refractivity contribution in [3.05, 3.63) is 47.5 Å². The lowest BCUT2D eigenvalue weighted by atomic mass is 10.0. The van der Waals surface area contributed by atoms with Gasteiger partial charge in [-0.2, -0.15) is 0 Å². The van der Waals surface area contributed by atoms with Crippen molar-refractivity contribution in [3.8, 4) is 0 Å². The number of benzene rings is 1. The van der Waals surface area contributed by atoms with Gasteiger partial charge in [0, 0.05) is 25.6 Å². The number of aromatic nitrogens is 3. The molecule has 0 bridgehead atoms. The Morgan fingerprint density at radius 2 is 2.15 bits per heavy atom. The molecule has 20 heavy (non-hydrogen) atoms. The fraction of sp³-hybridized carbons (Fsp3) is 0.357. The average molecular weight is 273 g/mol. The van der Waals surface area contributed by atoms with Crippen LogP contribution in [-0.4, -0.2) is 33.8 Å². The third-order valence-corrected chi connectivity index (χ3v) is 3.11. The Labute approximate surface area is 118 Å². The van der Waals surface area contributed by atoms with Gasteiger partial charge in [-0.3, -0.25) is 4.79 Å². The van der Waals surface area contributed by atoms with Gasteiger partial charge < -0.3 is 15.6 Å². The summed E-state index contributed by atoms with van der Waals surface area (Å²) in [7, 11) is 1.88. The normalized spacial score (nSPS) is 10.5. The maximum Gasteiger partial charge on any atom is 0.251 e. The predicted octanol–water partition coefficient (Wildman–Crippen LogP) is 0.289. The molecule has 0 radical (unpaired) electrons. The van der Waals surface area contributed by atoms with Crippen molar-refractivity contribution in [2.75, 3.05) is 13.1 Å². The van der Waals surface area contributed by atoms with Gasteiger partial charge in [0.05, 0.1) is 0 Å². The summed E-state index contributed by atoms with van der Waals surface area (Å²) >= 11 is 0. The van der Waals surface area contributed by atoms with E-state index in [0.717, 1.165) is 11.4 Å². The van der Waals surface area contributed by atoms with Crippen LogP contribution in [-0.2, 0) is 19.9 Å². The molecule has 0 aliphatic carbocycles. The van der Waals surface area contributed by atoms with Gasteiger partial charge in [-0.05, 0) is 24.6 Å². The summed E-state index contributed by atoms with van der Waals surface area (Å²) in [5.74, 6) is 0.775. The second-order valence-electron chi connectivity index (χ2n) is 4.56. The molecule has 0 unspecified atom stereocenters. The van der Waals surface area contributed by atoms with Crippen LogP contribution in [0.5, 0.6) is 0 Å². The number of rotatable bonds is 6. The van der Waals surface area contributed by atoms with Gasteiger partial charge in [0.15, 0.2) is 0 Å². The zero-order valence-electron chi connectivity index (χ0n) is 11.5. The van der Waals surface area contributed by atoms with Gasteiger partial charge in [0.1, 0.15) is 12.2 Å². The van der Waals surface area contributed by atoms with E-state index in [1.54, 1.807) is 6.33 Å². The van der Waals surface area contributed by atoms with E-state index < -0.39 is 0 Å². The van der Waals surface area contributed by atoms with Gasteiger partial charge in [-0.15, -0.1) is 10.2 Å². The molecule has 6 nitrogen and oxygen atoms in total. The molecule has 0 atom stereocenters. The van der Waals surface area contributed by atoms with Crippen LogP contribution in [0, 0.1) is 0 Å². The zero-order chi connectivity index (χ0) is 14.4. The summed E-state index contributed by atoms with van der Waals surface area (Å²) < 4.78 is 1.84. The van der Waals surface area contributed by atoms with Crippen molar-refractivity contribution in [2.24, 2.45) is 12.8 Å². The molecule has 6 heteroatoms. The third-order valence-electron chi connectivity index (χ3n) is 3.11. The van der Waals surface area contributed by atoms with Crippen LogP contribution >= 0.6 is 0 Å². The van der Waals surface area contributed by atoms with E-state index >= 15 is 0 Å². The van der Waals surface area contributed by atoms with Crippen molar-refractivity contribution >= 4 is 5.91 Å². The Bertz CT molecular complexity index is 578. The van der Waals surface area contributed by atoms with Crippen molar-refractivity contribution in [1.29, 1.82) is 0 Å². The second-order valence-corrected chi connectivity index (χ2v) is 4.56. The van der Waals surface area contributed by atoms with Crippen LogP contribution in [0.15, 0.2) is 30.6 Å². The average Bonchev–Trinajstić information content (AvgIpc) is 2.85. The SMILES string of the molecule is Cn1cnnc1CCNC(=O)c1ccccc1CCN. The fourth-order valence-corrected chi connectivity index (χ4v) is 2.03. The Kier molecular flexibility index (Phi) is 4.84. The molecule has 1 aromatic carbocycles. The molecule has 1 amide bonds. The van der Waals surface area contributed by atoms with Crippen LogP contribution < -0.4 is 11.1 Å². The van der Waals surface area contributed by atoms with Crippen molar-refractivity contribution in [1.82, 2.24) is 20.1 Å². The summed E-state index contributed by atoms with van der Waals surface area (Å²) in [4.78, 5) is 12.2. The van der Waals surface area contributed by atoms with Gasteiger partial charge in [-0.1, -0.05) is 18.2 Å². The van der Waals surface area contributed by atoms with E-state index in [-0.39, 0.29) is 5.91 Å². The first kappa shape index (κ1) is 14.2. The summed E-state index contributed by atoms with van der Waals surface area (Å²) in [5, 5.41) is 10.7. The molecule has 0 saturated carbocycles. The highest BCUT2D eigenvalue weighted by Gasteiger charge is 2.10. The van der Waals surface area contributed by atoms with Gasteiger partial charge >= 0.3 is 0 Å². The first-order valence-corrected chi connectivity index (χ1v) is 6.61. The van der Waals surface area contributed by atoms with E-state index in [2.05, 4.69) is 15.5 Å². The molecule has 0 saturated heterocycles. The number of hydrogen-bond donors (Lipinski definition) is 2. The van der Waals surface area contributed by atoms with Gasteiger partial charge in [0.25, 0.3) is 5.91 Å². The summed E-state index contributed by atoms with van der Waals surface area (Å²) in [6.07, 6.45) is 3.00. The first-order chi connectivity index (χ1) is 9.72. The molecule has 2 rings (SSSR count). The Morgan fingerprint density at radius 3 is 2.85 bits per heavy atom. The lowest BCUT2D eigenvalue weighted by Gasteiger charge is -2.09. The molecular formula is C14H19N5O. The Morgan fingerprint density at radius 1 is 1.35 bits per heavy atom. The highest BCUT2D eigenvalue weighted by Crippen LogP contribution is 2.09. The molecular weight excluding hydrogens is 254 g/mol. The minimum atomic E-state index is -0.0729. The minimum Gasteiger partial charge on any atom is -0.352 e. The smallest absolute Gasteiger partial charge is 0.251 e. The molecule has 3 N–H and O–H groups in total. The maximum absolute atomic E-state index is 12.2. The minimum absolute atomic E-state index is 0.0729. The van der Waals surface area contributed by atoms with E-state index in [1.807, 2.05) is 35.9 Å². The number of amides is 1. The molecule has 0 fully saturated rings. The van der Waals surface area contributed by atoms with Crippen LogP contribution in [0.4, 0.5) is 0 Å². The third kappa shape index (κ3) is 3.42. The van der Waals surface area contributed by atoms with E-state index in [9.17, 15) is 4.79 Å². The van der Waals surface area contributed by atoms with Gasteiger partial charge in [0.2, 0.25) is 0 Å². The highest BCUT2D eigenvalue weighted by molar-refractivity contribution is 5.95. The van der Waals surface area contributed by atoms with Crippen LogP contribution in [0.1, 0.15) is 21.7 Å². The van der Waals surface area contributed by atoms with Gasteiger partial charge in [-0.25, -0.2) is 0 Å². The topological polar surface area (TPSA) is 85.8 Å². The quantitative estimate of drug-likeness (QED) is 0.792. The van der Waals surface area contributed by atoms with E-state index in [0.29, 0.717) is 31.5 Å². The van der Waals surface area contributed by atoms with Crippen LogP contribution in [0.25, 0.3) is 0 Å². The summed E-state index contributed by atoms with van der Waals surface area (Å²) in [6, 6.07) is 7.53. The molecule has 2 aromatic rings. The number of carbonyl (C=O) groups excluding carboxylic acids is 1.